The molecule has 2 aromatic rings. The van der Waals surface area contributed by atoms with Crippen LogP contribution in [0, 0.1) is 0 Å². The minimum Gasteiger partial charge on any atom is -0.345 e. The molecule has 5 heteroatoms. The van der Waals surface area contributed by atoms with Crippen molar-refractivity contribution in [2.75, 3.05) is 13.6 Å². The largest absolute Gasteiger partial charge is 0.345 e. The number of carbonyl (C=O) groups excluding carboxylic acids is 1. The lowest BCUT2D eigenvalue weighted by atomic mass is 10.2. The molecule has 23 heavy (non-hydrogen) atoms. The van der Waals surface area contributed by atoms with E-state index in [9.17, 15) is 4.79 Å². The second-order valence-electron chi connectivity index (χ2n) is 5.98. The van der Waals surface area contributed by atoms with Crippen LogP contribution in [0.25, 0.3) is 11.4 Å². The number of rotatable bonds is 4. The van der Waals surface area contributed by atoms with E-state index in [1.807, 2.05) is 37.3 Å². The Hall–Kier alpha value is -2.40. The molecule has 0 bridgehead atoms. The normalized spacial score (nSPS) is 15.7. The van der Waals surface area contributed by atoms with Crippen LogP contribution < -0.4 is 5.32 Å². The van der Waals surface area contributed by atoms with Gasteiger partial charge in [0, 0.05) is 31.2 Å². The first-order chi connectivity index (χ1) is 11.1. The molecule has 120 valence electrons. The summed E-state index contributed by atoms with van der Waals surface area (Å²) in [6.07, 6.45) is 1.71. The van der Waals surface area contributed by atoms with E-state index in [2.05, 4.69) is 33.4 Å². The van der Waals surface area contributed by atoms with Crippen molar-refractivity contribution in [3.05, 3.63) is 54.4 Å². The van der Waals surface area contributed by atoms with Crippen molar-refractivity contribution >= 4 is 5.91 Å². The topological polar surface area (TPSA) is 50.2 Å². The van der Waals surface area contributed by atoms with Crippen LogP contribution in [-0.2, 0) is 13.1 Å². The number of hydrogen-bond acceptors (Lipinski definition) is 3. The molecule has 5 nitrogen and oxygen atoms in total. The molecule has 1 aliphatic rings. The molecule has 0 radical (unpaired) electrons. The Balaban J connectivity index is 2.04. The smallest absolute Gasteiger partial charge is 0.272 e. The standard InChI is InChI=1S/C18H22N4O/c1-4-13(2)19-18(23)16-15-12-21(3)10-11-22(15)17(20-16)14-8-6-5-7-9-14/h4-9,13H,1,10-12H2,2-3H3,(H,19,23). The molecule has 0 saturated heterocycles. The van der Waals surface area contributed by atoms with Crippen molar-refractivity contribution in [3.8, 4) is 11.4 Å². The van der Waals surface area contributed by atoms with E-state index >= 15 is 0 Å². The summed E-state index contributed by atoms with van der Waals surface area (Å²) in [5.41, 5.74) is 2.53. The van der Waals surface area contributed by atoms with Gasteiger partial charge >= 0.3 is 0 Å². The van der Waals surface area contributed by atoms with Crippen molar-refractivity contribution < 1.29 is 4.79 Å². The van der Waals surface area contributed by atoms with Gasteiger partial charge in [0.2, 0.25) is 0 Å². The van der Waals surface area contributed by atoms with Crippen molar-refractivity contribution in [2.24, 2.45) is 0 Å². The van der Waals surface area contributed by atoms with Crippen LogP contribution in [0.5, 0.6) is 0 Å². The zero-order valence-electron chi connectivity index (χ0n) is 13.6. The van der Waals surface area contributed by atoms with Gasteiger partial charge in [-0.1, -0.05) is 36.4 Å². The third kappa shape index (κ3) is 3.05. The van der Waals surface area contributed by atoms with Crippen molar-refractivity contribution in [1.82, 2.24) is 19.8 Å². The molecule has 1 aromatic heterocycles. The quantitative estimate of drug-likeness (QED) is 0.882. The first kappa shape index (κ1) is 15.5. The Morgan fingerprint density at radius 1 is 1.35 bits per heavy atom. The van der Waals surface area contributed by atoms with Gasteiger partial charge in [0.05, 0.1) is 5.69 Å². The molecule has 0 aliphatic carbocycles. The first-order valence-electron chi connectivity index (χ1n) is 7.87. The molecule has 2 heterocycles. The third-order valence-electron chi connectivity index (χ3n) is 4.16. The number of fused-ring (bicyclic) bond motifs is 1. The summed E-state index contributed by atoms with van der Waals surface area (Å²) in [6.45, 7) is 8.13. The van der Waals surface area contributed by atoms with Gasteiger partial charge in [-0.2, -0.15) is 0 Å². The number of hydrogen-bond donors (Lipinski definition) is 1. The number of amides is 1. The molecular weight excluding hydrogens is 288 g/mol. The number of imidazole rings is 1. The van der Waals surface area contributed by atoms with E-state index in [1.165, 1.54) is 0 Å². The number of likely N-dealkylation sites (N-methyl/N-ethyl adjacent to an activating group) is 1. The minimum absolute atomic E-state index is 0.0821. The number of carbonyl (C=O) groups is 1. The van der Waals surface area contributed by atoms with Gasteiger partial charge in [-0.3, -0.25) is 9.69 Å². The predicted molar refractivity (Wildman–Crippen MR) is 91.1 cm³/mol. The first-order valence-corrected chi connectivity index (χ1v) is 7.87. The second kappa shape index (κ2) is 6.38. The van der Waals surface area contributed by atoms with E-state index in [-0.39, 0.29) is 11.9 Å². The Labute approximate surface area is 136 Å². The Morgan fingerprint density at radius 2 is 2.09 bits per heavy atom. The molecule has 3 rings (SSSR count). The average Bonchev–Trinajstić information content (AvgIpc) is 2.94. The summed E-state index contributed by atoms with van der Waals surface area (Å²) in [5, 5.41) is 2.92. The SMILES string of the molecule is C=CC(C)NC(=O)c1nc(-c2ccccc2)n2c1CN(C)CC2. The van der Waals surface area contributed by atoms with Crippen LogP contribution in [0.1, 0.15) is 23.1 Å². The van der Waals surface area contributed by atoms with Gasteiger partial charge in [0.1, 0.15) is 5.82 Å². The van der Waals surface area contributed by atoms with Crippen LogP contribution in [0.4, 0.5) is 0 Å². The van der Waals surface area contributed by atoms with Gasteiger partial charge in [0.15, 0.2) is 5.69 Å². The molecular formula is C18H22N4O. The minimum atomic E-state index is -0.140. The molecule has 1 amide bonds. The maximum atomic E-state index is 12.6. The van der Waals surface area contributed by atoms with E-state index in [1.54, 1.807) is 6.08 Å². The fourth-order valence-electron chi connectivity index (χ4n) is 2.82. The molecule has 0 fully saturated rings. The van der Waals surface area contributed by atoms with Gasteiger partial charge in [-0.25, -0.2) is 4.98 Å². The van der Waals surface area contributed by atoms with Crippen molar-refractivity contribution in [3.63, 3.8) is 0 Å². The van der Waals surface area contributed by atoms with Gasteiger partial charge < -0.3 is 9.88 Å². The summed E-state index contributed by atoms with van der Waals surface area (Å²) in [5.74, 6) is 0.726. The third-order valence-corrected chi connectivity index (χ3v) is 4.16. The molecule has 0 saturated carbocycles. The average molecular weight is 310 g/mol. The zero-order valence-corrected chi connectivity index (χ0v) is 13.6. The predicted octanol–water partition coefficient (Wildman–Crippen LogP) is 2.30. The highest BCUT2D eigenvalue weighted by molar-refractivity contribution is 5.94. The Bertz CT molecular complexity index is 720. The van der Waals surface area contributed by atoms with E-state index < -0.39 is 0 Å². The molecule has 1 aromatic carbocycles. The van der Waals surface area contributed by atoms with Gasteiger partial charge in [-0.15, -0.1) is 6.58 Å². The lowest BCUT2D eigenvalue weighted by Crippen LogP contribution is -2.35. The zero-order chi connectivity index (χ0) is 16.4. The molecule has 1 atom stereocenters. The Kier molecular flexibility index (Phi) is 4.30. The fraction of sp³-hybridized carbons (Fsp3) is 0.333. The highest BCUT2D eigenvalue weighted by Gasteiger charge is 2.26. The number of aromatic nitrogens is 2. The van der Waals surface area contributed by atoms with Crippen molar-refractivity contribution in [1.29, 1.82) is 0 Å². The van der Waals surface area contributed by atoms with Crippen LogP contribution in [0.3, 0.4) is 0 Å². The van der Waals surface area contributed by atoms with Crippen molar-refractivity contribution in [2.45, 2.75) is 26.1 Å². The summed E-state index contributed by atoms with van der Waals surface area (Å²) in [7, 11) is 2.06. The van der Waals surface area contributed by atoms with Gasteiger partial charge in [-0.05, 0) is 14.0 Å². The summed E-state index contributed by atoms with van der Waals surface area (Å²) < 4.78 is 2.17. The number of benzene rings is 1. The summed E-state index contributed by atoms with van der Waals surface area (Å²) >= 11 is 0. The number of nitrogens with one attached hydrogen (secondary N) is 1. The van der Waals surface area contributed by atoms with Crippen LogP contribution in [0.2, 0.25) is 0 Å². The molecule has 1 unspecified atom stereocenters. The lowest BCUT2D eigenvalue weighted by molar-refractivity contribution is 0.0939. The Morgan fingerprint density at radius 3 is 2.78 bits per heavy atom. The maximum absolute atomic E-state index is 12.6. The number of nitrogens with zero attached hydrogens (tertiary/aromatic N) is 3. The molecule has 0 spiro atoms. The highest BCUT2D eigenvalue weighted by Crippen LogP contribution is 2.26. The van der Waals surface area contributed by atoms with E-state index in [0.29, 0.717) is 5.69 Å². The van der Waals surface area contributed by atoms with Gasteiger partial charge in [0.25, 0.3) is 5.91 Å². The van der Waals surface area contributed by atoms with E-state index in [4.69, 9.17) is 0 Å². The summed E-state index contributed by atoms with van der Waals surface area (Å²) in [4.78, 5) is 19.5. The van der Waals surface area contributed by atoms with Crippen LogP contribution in [0.15, 0.2) is 43.0 Å². The molecule has 1 N–H and O–H groups in total. The molecule has 1 aliphatic heterocycles. The van der Waals surface area contributed by atoms with E-state index in [0.717, 1.165) is 36.7 Å². The summed E-state index contributed by atoms with van der Waals surface area (Å²) in [6, 6.07) is 9.94. The monoisotopic (exact) mass is 310 g/mol. The van der Waals surface area contributed by atoms with Crippen LogP contribution in [-0.4, -0.2) is 40.0 Å². The second-order valence-corrected chi connectivity index (χ2v) is 5.98. The maximum Gasteiger partial charge on any atom is 0.272 e. The highest BCUT2D eigenvalue weighted by atomic mass is 16.2. The lowest BCUT2D eigenvalue weighted by Gasteiger charge is -2.25. The fourth-order valence-corrected chi connectivity index (χ4v) is 2.82. The van der Waals surface area contributed by atoms with Crippen LogP contribution >= 0.6 is 0 Å².